The van der Waals surface area contributed by atoms with Gasteiger partial charge in [0.2, 0.25) is 0 Å². The lowest BCUT2D eigenvalue weighted by atomic mass is 10.1. The van der Waals surface area contributed by atoms with E-state index in [1.807, 2.05) is 24.3 Å². The largest absolute Gasteiger partial charge is 0.456 e. The molecular formula is C15H15BrFNO. The predicted octanol–water partition coefficient (Wildman–Crippen LogP) is 4.71. The fraction of sp³-hybridized carbons (Fsp3) is 0.200. The summed E-state index contributed by atoms with van der Waals surface area (Å²) in [5, 5.41) is 0. The maximum atomic E-state index is 13.6. The molecule has 0 unspecified atom stereocenters. The van der Waals surface area contributed by atoms with Gasteiger partial charge >= 0.3 is 0 Å². The molecule has 100 valence electrons. The Balaban J connectivity index is 2.45. The standard InChI is InChI=1S/C15H15BrFNO/c1-9-7-15(11(10(2)18)8-13(9)17)19-14-6-4-3-5-12(14)16/h3-8,10H,18H2,1-2H3/t10-/m1/s1. The molecule has 0 aliphatic carbocycles. The topological polar surface area (TPSA) is 35.2 Å². The van der Waals surface area contributed by atoms with Gasteiger partial charge in [-0.05, 0) is 59.6 Å². The number of hydrogen-bond donors (Lipinski definition) is 1. The molecule has 0 heterocycles. The first-order chi connectivity index (χ1) is 8.99. The zero-order valence-corrected chi connectivity index (χ0v) is 12.4. The third-order valence-electron chi connectivity index (χ3n) is 2.84. The third-order valence-corrected chi connectivity index (χ3v) is 3.49. The summed E-state index contributed by atoms with van der Waals surface area (Å²) in [7, 11) is 0. The van der Waals surface area contributed by atoms with Gasteiger partial charge in [0.1, 0.15) is 17.3 Å². The Labute approximate surface area is 120 Å². The number of rotatable bonds is 3. The van der Waals surface area contributed by atoms with E-state index in [9.17, 15) is 4.39 Å². The normalized spacial score (nSPS) is 12.3. The van der Waals surface area contributed by atoms with Crippen LogP contribution in [0.1, 0.15) is 24.1 Å². The Bertz CT molecular complexity index is 599. The number of aryl methyl sites for hydroxylation is 1. The maximum absolute atomic E-state index is 13.6. The lowest BCUT2D eigenvalue weighted by Gasteiger charge is -2.16. The van der Waals surface area contributed by atoms with E-state index in [1.54, 1.807) is 19.9 Å². The van der Waals surface area contributed by atoms with Gasteiger partial charge in [-0.15, -0.1) is 0 Å². The summed E-state index contributed by atoms with van der Waals surface area (Å²) in [6.45, 7) is 3.50. The fourth-order valence-corrected chi connectivity index (χ4v) is 2.13. The van der Waals surface area contributed by atoms with Gasteiger partial charge in [-0.25, -0.2) is 4.39 Å². The van der Waals surface area contributed by atoms with Gasteiger partial charge in [0.25, 0.3) is 0 Å². The number of ether oxygens (including phenoxy) is 1. The predicted molar refractivity (Wildman–Crippen MR) is 78.0 cm³/mol. The molecule has 2 aromatic rings. The highest BCUT2D eigenvalue weighted by Crippen LogP contribution is 2.34. The average Bonchev–Trinajstić information content (AvgIpc) is 2.36. The summed E-state index contributed by atoms with van der Waals surface area (Å²) in [5.74, 6) is 0.989. The van der Waals surface area contributed by atoms with Crippen LogP contribution in [0.3, 0.4) is 0 Å². The molecule has 0 bridgehead atoms. The molecule has 0 saturated heterocycles. The van der Waals surface area contributed by atoms with Crippen molar-refractivity contribution in [3.8, 4) is 11.5 Å². The number of hydrogen-bond acceptors (Lipinski definition) is 2. The first kappa shape index (κ1) is 14.0. The van der Waals surface area contributed by atoms with Gasteiger partial charge in [0, 0.05) is 11.6 Å². The Morgan fingerprint density at radius 1 is 1.21 bits per heavy atom. The number of para-hydroxylation sites is 1. The smallest absolute Gasteiger partial charge is 0.141 e. The van der Waals surface area contributed by atoms with Crippen LogP contribution in [0.25, 0.3) is 0 Å². The van der Waals surface area contributed by atoms with Crippen LogP contribution >= 0.6 is 15.9 Å². The lowest BCUT2D eigenvalue weighted by molar-refractivity contribution is 0.465. The Morgan fingerprint density at radius 3 is 2.53 bits per heavy atom. The van der Waals surface area contributed by atoms with Gasteiger partial charge in [-0.2, -0.15) is 0 Å². The molecule has 0 aliphatic rings. The highest BCUT2D eigenvalue weighted by molar-refractivity contribution is 9.10. The minimum Gasteiger partial charge on any atom is -0.456 e. The molecule has 0 saturated carbocycles. The minimum atomic E-state index is -0.299. The second kappa shape index (κ2) is 5.72. The van der Waals surface area contributed by atoms with E-state index in [-0.39, 0.29) is 11.9 Å². The van der Waals surface area contributed by atoms with Crippen molar-refractivity contribution in [2.75, 3.05) is 0 Å². The fourth-order valence-electron chi connectivity index (χ4n) is 1.76. The summed E-state index contributed by atoms with van der Waals surface area (Å²) < 4.78 is 20.3. The summed E-state index contributed by atoms with van der Waals surface area (Å²) in [6.07, 6.45) is 0. The zero-order chi connectivity index (χ0) is 14.0. The van der Waals surface area contributed by atoms with Crippen LogP contribution < -0.4 is 10.5 Å². The third kappa shape index (κ3) is 3.14. The van der Waals surface area contributed by atoms with E-state index < -0.39 is 0 Å². The van der Waals surface area contributed by atoms with Crippen LogP contribution in [0.2, 0.25) is 0 Å². The molecule has 0 amide bonds. The number of halogens is 2. The second-order valence-electron chi connectivity index (χ2n) is 4.46. The molecule has 19 heavy (non-hydrogen) atoms. The van der Waals surface area contributed by atoms with Crippen LogP contribution in [0, 0.1) is 12.7 Å². The second-order valence-corrected chi connectivity index (χ2v) is 5.31. The van der Waals surface area contributed by atoms with E-state index in [2.05, 4.69) is 15.9 Å². The van der Waals surface area contributed by atoms with E-state index in [0.29, 0.717) is 22.6 Å². The van der Waals surface area contributed by atoms with Gasteiger partial charge < -0.3 is 10.5 Å². The van der Waals surface area contributed by atoms with E-state index in [0.717, 1.165) is 4.47 Å². The van der Waals surface area contributed by atoms with Crippen molar-refractivity contribution in [1.82, 2.24) is 0 Å². The van der Waals surface area contributed by atoms with Crippen molar-refractivity contribution in [3.63, 3.8) is 0 Å². The molecule has 1 atom stereocenters. The average molecular weight is 324 g/mol. The van der Waals surface area contributed by atoms with E-state index in [1.165, 1.54) is 6.07 Å². The highest BCUT2D eigenvalue weighted by Gasteiger charge is 2.13. The molecule has 0 spiro atoms. The van der Waals surface area contributed by atoms with Crippen molar-refractivity contribution in [2.24, 2.45) is 5.73 Å². The van der Waals surface area contributed by atoms with Crippen LogP contribution in [-0.2, 0) is 0 Å². The van der Waals surface area contributed by atoms with Gasteiger partial charge in [-0.1, -0.05) is 12.1 Å². The Morgan fingerprint density at radius 2 is 1.89 bits per heavy atom. The SMILES string of the molecule is Cc1cc(Oc2ccccc2Br)c([C@@H](C)N)cc1F. The molecule has 0 radical (unpaired) electrons. The van der Waals surface area contributed by atoms with Crippen LogP contribution in [0.15, 0.2) is 40.9 Å². The van der Waals surface area contributed by atoms with Crippen molar-refractivity contribution in [1.29, 1.82) is 0 Å². The molecule has 2 nitrogen and oxygen atoms in total. The van der Waals surface area contributed by atoms with E-state index >= 15 is 0 Å². The highest BCUT2D eigenvalue weighted by atomic mass is 79.9. The van der Waals surface area contributed by atoms with Crippen LogP contribution in [-0.4, -0.2) is 0 Å². The van der Waals surface area contributed by atoms with Crippen LogP contribution in [0.4, 0.5) is 4.39 Å². The molecule has 2 aromatic carbocycles. The molecule has 0 aliphatic heterocycles. The minimum absolute atomic E-state index is 0.272. The van der Waals surface area contributed by atoms with Crippen LogP contribution in [0.5, 0.6) is 11.5 Å². The molecule has 0 fully saturated rings. The van der Waals surface area contributed by atoms with Crippen molar-refractivity contribution in [2.45, 2.75) is 19.9 Å². The molecule has 0 aromatic heterocycles. The van der Waals surface area contributed by atoms with E-state index in [4.69, 9.17) is 10.5 Å². The summed E-state index contributed by atoms with van der Waals surface area (Å²) in [5.41, 5.74) is 7.05. The Hall–Kier alpha value is -1.39. The van der Waals surface area contributed by atoms with Crippen molar-refractivity contribution < 1.29 is 9.13 Å². The number of benzene rings is 2. The van der Waals surface area contributed by atoms with Gasteiger partial charge in [-0.3, -0.25) is 0 Å². The first-order valence-electron chi connectivity index (χ1n) is 5.97. The number of nitrogens with two attached hydrogens (primary N) is 1. The van der Waals surface area contributed by atoms with Gasteiger partial charge in [0.05, 0.1) is 4.47 Å². The molecular weight excluding hydrogens is 309 g/mol. The monoisotopic (exact) mass is 323 g/mol. The summed E-state index contributed by atoms with van der Waals surface area (Å²) in [6, 6.07) is 10.3. The van der Waals surface area contributed by atoms with Crippen molar-refractivity contribution in [3.05, 3.63) is 57.8 Å². The van der Waals surface area contributed by atoms with Gasteiger partial charge in [0.15, 0.2) is 0 Å². The Kier molecular flexibility index (Phi) is 4.22. The van der Waals surface area contributed by atoms with Crippen molar-refractivity contribution >= 4 is 15.9 Å². The maximum Gasteiger partial charge on any atom is 0.141 e. The zero-order valence-electron chi connectivity index (χ0n) is 10.8. The summed E-state index contributed by atoms with van der Waals surface area (Å²) >= 11 is 3.42. The quantitative estimate of drug-likeness (QED) is 0.887. The lowest BCUT2D eigenvalue weighted by Crippen LogP contribution is -2.08. The molecule has 2 rings (SSSR count). The molecule has 4 heteroatoms. The molecule has 2 N–H and O–H groups in total. The summed E-state index contributed by atoms with van der Waals surface area (Å²) in [4.78, 5) is 0. The first-order valence-corrected chi connectivity index (χ1v) is 6.76.